The first-order valence-electron chi connectivity index (χ1n) is 7.58. The lowest BCUT2D eigenvalue weighted by atomic mass is 9.90. The fraction of sp³-hybridized carbons (Fsp3) is 0.786. The lowest BCUT2D eigenvalue weighted by Gasteiger charge is -2.38. The zero-order valence-electron chi connectivity index (χ0n) is 13.0. The van der Waals surface area contributed by atoms with Gasteiger partial charge in [-0.15, -0.1) is 11.3 Å². The van der Waals surface area contributed by atoms with E-state index in [1.807, 2.05) is 12.4 Å². The Morgan fingerprint density at radius 1 is 1.59 bits per heavy atom. The van der Waals surface area contributed by atoms with Crippen molar-refractivity contribution in [2.45, 2.75) is 44.4 Å². The minimum absolute atomic E-state index is 0.00570. The number of hydrogen-bond acceptors (Lipinski definition) is 6. The van der Waals surface area contributed by atoms with E-state index in [-0.39, 0.29) is 11.6 Å². The number of aryl methyl sites for hydroxylation is 1. The van der Waals surface area contributed by atoms with Crippen LogP contribution in [0.15, 0.2) is 5.51 Å². The van der Waals surface area contributed by atoms with Crippen molar-refractivity contribution in [2.24, 2.45) is 0 Å². The summed E-state index contributed by atoms with van der Waals surface area (Å²) in [5.41, 5.74) is 2.80. The van der Waals surface area contributed by atoms with Gasteiger partial charge in [-0.1, -0.05) is 0 Å². The minimum Gasteiger partial charge on any atom is -0.373 e. The molecule has 1 spiro atoms. The van der Waals surface area contributed by atoms with Crippen molar-refractivity contribution in [1.29, 1.82) is 0 Å². The first-order chi connectivity index (χ1) is 10.4. The predicted molar refractivity (Wildman–Crippen MR) is 86.4 cm³/mol. The van der Waals surface area contributed by atoms with E-state index in [2.05, 4.69) is 14.6 Å². The van der Waals surface area contributed by atoms with Gasteiger partial charge in [0.25, 0.3) is 0 Å². The third-order valence-corrected chi connectivity index (χ3v) is 6.16. The van der Waals surface area contributed by atoms with Gasteiger partial charge in [0.05, 0.1) is 23.1 Å². The molecule has 0 amide bonds. The highest BCUT2D eigenvalue weighted by Gasteiger charge is 2.43. The number of aromatic nitrogens is 1. The Labute approximate surface area is 135 Å². The number of nitrogens with zero attached hydrogens (tertiary/aromatic N) is 2. The van der Waals surface area contributed by atoms with Gasteiger partial charge in [-0.2, -0.15) is 0 Å². The number of nitrogens with one attached hydrogen (secondary N) is 1. The highest BCUT2D eigenvalue weighted by molar-refractivity contribution is 7.88. The fourth-order valence-electron chi connectivity index (χ4n) is 3.46. The van der Waals surface area contributed by atoms with Crippen LogP contribution in [-0.2, 0) is 21.3 Å². The summed E-state index contributed by atoms with van der Waals surface area (Å²) >= 11 is 1.69. The van der Waals surface area contributed by atoms with Gasteiger partial charge in [-0.3, -0.25) is 4.90 Å². The molecule has 6 nitrogen and oxygen atoms in total. The highest BCUT2D eigenvalue weighted by Crippen LogP contribution is 2.35. The number of ether oxygens (including phenoxy) is 1. The second-order valence-corrected chi connectivity index (χ2v) is 9.15. The Morgan fingerprint density at radius 3 is 3.09 bits per heavy atom. The van der Waals surface area contributed by atoms with Crippen molar-refractivity contribution >= 4 is 21.4 Å². The monoisotopic (exact) mass is 345 g/mol. The van der Waals surface area contributed by atoms with Gasteiger partial charge in [-0.25, -0.2) is 18.1 Å². The zero-order chi connectivity index (χ0) is 15.8. The van der Waals surface area contributed by atoms with E-state index >= 15 is 0 Å². The van der Waals surface area contributed by atoms with Gasteiger partial charge in [0.2, 0.25) is 10.0 Å². The molecule has 0 unspecified atom stereocenters. The summed E-state index contributed by atoms with van der Waals surface area (Å²) in [6.07, 6.45) is 3.70. The summed E-state index contributed by atoms with van der Waals surface area (Å²) in [6.45, 7) is 5.43. The van der Waals surface area contributed by atoms with Crippen LogP contribution in [-0.4, -0.2) is 55.9 Å². The molecule has 3 heterocycles. The molecule has 2 aliphatic rings. The minimum atomic E-state index is -3.16. The van der Waals surface area contributed by atoms with Crippen LogP contribution in [0.25, 0.3) is 0 Å². The third kappa shape index (κ3) is 3.86. The molecule has 0 aliphatic carbocycles. The van der Waals surface area contributed by atoms with E-state index in [0.717, 1.165) is 44.6 Å². The Balaban J connectivity index is 1.61. The number of sulfonamides is 1. The van der Waals surface area contributed by atoms with Crippen LogP contribution in [0.2, 0.25) is 0 Å². The topological polar surface area (TPSA) is 71.5 Å². The predicted octanol–water partition coefficient (Wildman–Crippen LogP) is 1.12. The van der Waals surface area contributed by atoms with Crippen LogP contribution in [0, 0.1) is 6.92 Å². The van der Waals surface area contributed by atoms with E-state index in [1.165, 1.54) is 11.1 Å². The van der Waals surface area contributed by atoms with E-state index in [4.69, 9.17) is 4.74 Å². The van der Waals surface area contributed by atoms with Crippen LogP contribution < -0.4 is 4.72 Å². The summed E-state index contributed by atoms with van der Waals surface area (Å²) in [6, 6.07) is -0.00570. The average molecular weight is 345 g/mol. The molecule has 0 aromatic carbocycles. The molecule has 2 saturated heterocycles. The Hall–Kier alpha value is -0.540. The molecule has 3 rings (SSSR count). The maximum atomic E-state index is 11.4. The van der Waals surface area contributed by atoms with Gasteiger partial charge in [0.15, 0.2) is 0 Å². The second kappa shape index (κ2) is 6.16. The molecule has 1 N–H and O–H groups in total. The quantitative estimate of drug-likeness (QED) is 0.885. The molecule has 8 heteroatoms. The van der Waals surface area contributed by atoms with E-state index in [0.29, 0.717) is 6.61 Å². The van der Waals surface area contributed by atoms with Crippen molar-refractivity contribution in [2.75, 3.05) is 26.0 Å². The molecular formula is C14H23N3O3S2. The number of thiazole rings is 1. The number of likely N-dealkylation sites (tertiary alicyclic amines) is 1. The van der Waals surface area contributed by atoms with Gasteiger partial charge in [-0.05, 0) is 26.2 Å². The molecule has 22 heavy (non-hydrogen) atoms. The Morgan fingerprint density at radius 2 is 2.41 bits per heavy atom. The van der Waals surface area contributed by atoms with Gasteiger partial charge < -0.3 is 4.74 Å². The summed E-state index contributed by atoms with van der Waals surface area (Å²) in [5.74, 6) is 0. The summed E-state index contributed by atoms with van der Waals surface area (Å²) < 4.78 is 31.7. The standard InChI is InChI=1S/C14H23N3O3S2/c1-11-13(21-10-15-11)8-17-5-4-14(9-17)7-12(3-6-20-14)16-22(2,18)19/h10,12,16H,3-9H2,1-2H3/t12-,14-/m0/s1. The SMILES string of the molecule is Cc1ncsc1CN1CC[C@]2(C[C@@H](NS(C)(=O)=O)CCO2)C1. The summed E-state index contributed by atoms with van der Waals surface area (Å²) in [5, 5.41) is 0. The van der Waals surface area contributed by atoms with Crippen molar-refractivity contribution in [3.05, 3.63) is 16.1 Å². The van der Waals surface area contributed by atoms with E-state index in [9.17, 15) is 8.42 Å². The van der Waals surface area contributed by atoms with E-state index in [1.54, 1.807) is 11.3 Å². The van der Waals surface area contributed by atoms with Crippen LogP contribution in [0.3, 0.4) is 0 Å². The van der Waals surface area contributed by atoms with Gasteiger partial charge in [0.1, 0.15) is 0 Å². The second-order valence-electron chi connectivity index (χ2n) is 6.43. The summed E-state index contributed by atoms with van der Waals surface area (Å²) in [4.78, 5) is 8.00. The van der Waals surface area contributed by atoms with Crippen LogP contribution >= 0.6 is 11.3 Å². The Kier molecular flexibility index (Phi) is 4.57. The molecule has 2 fully saturated rings. The molecule has 0 saturated carbocycles. The van der Waals surface area contributed by atoms with Gasteiger partial charge >= 0.3 is 0 Å². The maximum Gasteiger partial charge on any atom is 0.208 e. The first-order valence-corrected chi connectivity index (χ1v) is 10.3. The number of rotatable bonds is 4. The molecule has 2 aliphatic heterocycles. The molecule has 0 bridgehead atoms. The summed E-state index contributed by atoms with van der Waals surface area (Å²) in [7, 11) is -3.16. The van der Waals surface area contributed by atoms with Gasteiger partial charge in [0, 0.05) is 37.2 Å². The zero-order valence-corrected chi connectivity index (χ0v) is 14.7. The average Bonchev–Trinajstić information content (AvgIpc) is 2.96. The van der Waals surface area contributed by atoms with Crippen molar-refractivity contribution in [3.8, 4) is 0 Å². The highest BCUT2D eigenvalue weighted by atomic mass is 32.2. The fourth-order valence-corrected chi connectivity index (χ4v) is 5.08. The van der Waals surface area contributed by atoms with Crippen LogP contribution in [0.5, 0.6) is 0 Å². The van der Waals surface area contributed by atoms with Crippen molar-refractivity contribution < 1.29 is 13.2 Å². The molecule has 2 atom stereocenters. The molecule has 1 aromatic heterocycles. The van der Waals surface area contributed by atoms with Crippen LogP contribution in [0.4, 0.5) is 0 Å². The van der Waals surface area contributed by atoms with E-state index < -0.39 is 10.0 Å². The largest absolute Gasteiger partial charge is 0.373 e. The van der Waals surface area contributed by atoms with Crippen molar-refractivity contribution in [3.63, 3.8) is 0 Å². The van der Waals surface area contributed by atoms with Crippen molar-refractivity contribution in [1.82, 2.24) is 14.6 Å². The normalized spacial score (nSPS) is 30.2. The van der Waals surface area contributed by atoms with Crippen LogP contribution in [0.1, 0.15) is 29.8 Å². The third-order valence-electron chi connectivity index (χ3n) is 4.48. The lowest BCUT2D eigenvalue weighted by Crippen LogP contribution is -2.49. The molecule has 1 aromatic rings. The maximum absolute atomic E-state index is 11.4. The molecule has 124 valence electrons. The lowest BCUT2D eigenvalue weighted by molar-refractivity contribution is -0.0779. The molecule has 0 radical (unpaired) electrons. The smallest absolute Gasteiger partial charge is 0.208 e. The first kappa shape index (κ1) is 16.3. The molecular weight excluding hydrogens is 322 g/mol. The number of hydrogen-bond donors (Lipinski definition) is 1. The Bertz CT molecular complexity index is 631.